The number of para-hydroxylation sites is 1. The molecule has 0 aromatic heterocycles. The Balaban J connectivity index is 1.52. The fourth-order valence-corrected chi connectivity index (χ4v) is 7.11. The molecule has 208 valence electrons. The molecule has 1 N–H and O–H groups in total. The molecule has 1 amide bonds. The molecule has 7 nitrogen and oxygen atoms in total. The molecule has 0 radical (unpaired) electrons. The number of rotatable bonds is 6. The van der Waals surface area contributed by atoms with Gasteiger partial charge in [0.1, 0.15) is 11.5 Å². The second kappa shape index (κ2) is 9.73. The molecule has 1 saturated heterocycles. The van der Waals surface area contributed by atoms with Crippen molar-refractivity contribution in [1.82, 2.24) is 4.90 Å². The van der Waals surface area contributed by atoms with Gasteiger partial charge >= 0.3 is 0 Å². The van der Waals surface area contributed by atoms with Gasteiger partial charge in [0.2, 0.25) is 5.91 Å². The van der Waals surface area contributed by atoms with Crippen molar-refractivity contribution in [2.45, 2.75) is 17.5 Å². The highest BCUT2D eigenvalue weighted by molar-refractivity contribution is 6.16. The first-order valence-electron chi connectivity index (χ1n) is 13.8. The van der Waals surface area contributed by atoms with Gasteiger partial charge in [-0.3, -0.25) is 14.4 Å². The smallest absolute Gasteiger partial charge is 0.238 e. The zero-order valence-corrected chi connectivity index (χ0v) is 23.1. The Bertz CT molecular complexity index is 1780. The summed E-state index contributed by atoms with van der Waals surface area (Å²) in [6, 6.07) is 27.7. The number of ketones is 2. The topological polar surface area (TPSA) is 84.9 Å². The number of nitrogens with zero attached hydrogens (tertiary/aromatic N) is 1. The van der Waals surface area contributed by atoms with E-state index in [0.717, 1.165) is 11.1 Å². The zero-order chi connectivity index (χ0) is 29.0. The van der Waals surface area contributed by atoms with Crippen LogP contribution < -0.4 is 14.8 Å². The van der Waals surface area contributed by atoms with E-state index in [-0.39, 0.29) is 17.5 Å². The van der Waals surface area contributed by atoms with E-state index in [0.29, 0.717) is 33.9 Å². The van der Waals surface area contributed by atoms with Crippen molar-refractivity contribution in [1.29, 1.82) is 0 Å². The Morgan fingerprint density at radius 2 is 1.50 bits per heavy atom. The molecule has 3 heterocycles. The Morgan fingerprint density at radius 1 is 0.786 bits per heavy atom. The lowest BCUT2D eigenvalue weighted by molar-refractivity contribution is -0.122. The minimum Gasteiger partial charge on any atom is -0.493 e. The van der Waals surface area contributed by atoms with Gasteiger partial charge in [-0.2, -0.15) is 0 Å². The minimum absolute atomic E-state index is 0.262. The van der Waals surface area contributed by atoms with Gasteiger partial charge < -0.3 is 19.7 Å². The van der Waals surface area contributed by atoms with Gasteiger partial charge in [0.05, 0.1) is 26.2 Å². The zero-order valence-electron chi connectivity index (χ0n) is 23.1. The van der Waals surface area contributed by atoms with Crippen LogP contribution in [0, 0.1) is 5.92 Å². The second-order valence-electron chi connectivity index (χ2n) is 10.7. The van der Waals surface area contributed by atoms with Crippen molar-refractivity contribution in [3.05, 3.63) is 131 Å². The van der Waals surface area contributed by atoms with E-state index in [1.807, 2.05) is 71.8 Å². The number of hydrogen-bond donors (Lipinski definition) is 1. The van der Waals surface area contributed by atoms with Crippen LogP contribution in [0.15, 0.2) is 103 Å². The molecule has 42 heavy (non-hydrogen) atoms. The summed E-state index contributed by atoms with van der Waals surface area (Å²) in [7, 11) is 3.05. The fourth-order valence-electron chi connectivity index (χ4n) is 7.11. The van der Waals surface area contributed by atoms with Crippen LogP contribution in [0.2, 0.25) is 0 Å². The van der Waals surface area contributed by atoms with Crippen LogP contribution in [-0.2, 0) is 10.2 Å². The summed E-state index contributed by atoms with van der Waals surface area (Å²) in [4.78, 5) is 45.9. The van der Waals surface area contributed by atoms with Crippen LogP contribution in [0.25, 0.3) is 6.08 Å². The fraction of sp³-hybridized carbons (Fsp3) is 0.171. The lowest BCUT2D eigenvalue weighted by atomic mass is 9.62. The van der Waals surface area contributed by atoms with E-state index in [4.69, 9.17) is 9.47 Å². The SMILES string of the molecule is COc1ccc(C(=O)[C@H]2[C@H](C(=O)c3ccccc3)[C@]3(C(=O)Nc4ccccc43)[C@H]3c4ccccc4C=CN23)cc1OC. The van der Waals surface area contributed by atoms with E-state index in [1.54, 1.807) is 42.5 Å². The van der Waals surface area contributed by atoms with Gasteiger partial charge in [-0.1, -0.05) is 72.8 Å². The molecule has 0 bridgehead atoms. The van der Waals surface area contributed by atoms with Gasteiger partial charge in [0.15, 0.2) is 23.1 Å². The number of carbonyl (C=O) groups excluding carboxylic acids is 3. The normalized spacial score (nSPS) is 23.1. The number of Topliss-reactive ketones (excluding diaryl/α,β-unsaturated/α-hetero) is 2. The van der Waals surface area contributed by atoms with Gasteiger partial charge in [-0.15, -0.1) is 0 Å². The molecule has 7 heteroatoms. The molecular weight excluding hydrogens is 528 g/mol. The first-order chi connectivity index (χ1) is 20.5. The number of carbonyl (C=O) groups is 3. The van der Waals surface area contributed by atoms with Crippen molar-refractivity contribution in [2.24, 2.45) is 5.92 Å². The van der Waals surface area contributed by atoms with Crippen LogP contribution >= 0.6 is 0 Å². The number of amides is 1. The predicted molar refractivity (Wildman–Crippen MR) is 159 cm³/mol. The van der Waals surface area contributed by atoms with Crippen molar-refractivity contribution in [3.8, 4) is 11.5 Å². The van der Waals surface area contributed by atoms with Crippen LogP contribution in [-0.4, -0.2) is 42.6 Å². The molecule has 1 fully saturated rings. The second-order valence-corrected chi connectivity index (χ2v) is 10.7. The summed E-state index contributed by atoms with van der Waals surface area (Å²) < 4.78 is 10.9. The maximum atomic E-state index is 14.8. The average molecular weight is 557 g/mol. The first-order valence-corrected chi connectivity index (χ1v) is 13.8. The van der Waals surface area contributed by atoms with E-state index < -0.39 is 23.4 Å². The highest BCUT2D eigenvalue weighted by Gasteiger charge is 2.70. The van der Waals surface area contributed by atoms with Gasteiger partial charge in [-0.25, -0.2) is 0 Å². The molecule has 0 unspecified atom stereocenters. The first kappa shape index (κ1) is 25.8. The summed E-state index contributed by atoms with van der Waals surface area (Å²) in [5.74, 6) is -0.981. The number of ether oxygens (including phenoxy) is 2. The highest BCUT2D eigenvalue weighted by atomic mass is 16.5. The number of nitrogens with one attached hydrogen (secondary N) is 1. The maximum absolute atomic E-state index is 14.8. The van der Waals surface area contributed by atoms with E-state index >= 15 is 0 Å². The molecule has 3 aliphatic heterocycles. The Kier molecular flexibility index (Phi) is 5.97. The Labute approximate surface area is 243 Å². The summed E-state index contributed by atoms with van der Waals surface area (Å²) >= 11 is 0. The van der Waals surface area contributed by atoms with E-state index in [9.17, 15) is 14.4 Å². The molecule has 4 aromatic carbocycles. The van der Waals surface area contributed by atoms with Crippen LogP contribution in [0.5, 0.6) is 11.5 Å². The molecular formula is C35H28N2O5. The van der Waals surface area contributed by atoms with Crippen LogP contribution in [0.3, 0.4) is 0 Å². The average Bonchev–Trinajstić information content (AvgIpc) is 3.52. The Hall–Kier alpha value is -5.17. The molecule has 4 atom stereocenters. The van der Waals surface area contributed by atoms with Crippen molar-refractivity contribution < 1.29 is 23.9 Å². The van der Waals surface area contributed by atoms with Crippen molar-refractivity contribution in [3.63, 3.8) is 0 Å². The van der Waals surface area contributed by atoms with Crippen LogP contribution in [0.4, 0.5) is 5.69 Å². The quantitative estimate of drug-likeness (QED) is 0.308. The van der Waals surface area contributed by atoms with Gasteiger partial charge in [-0.05, 0) is 47.0 Å². The third kappa shape index (κ3) is 3.49. The largest absolute Gasteiger partial charge is 0.493 e. The lowest BCUT2D eigenvalue weighted by Gasteiger charge is -2.38. The predicted octanol–water partition coefficient (Wildman–Crippen LogP) is 5.69. The van der Waals surface area contributed by atoms with Crippen molar-refractivity contribution in [2.75, 3.05) is 19.5 Å². The molecule has 1 spiro atoms. The summed E-state index contributed by atoms with van der Waals surface area (Å²) in [6.07, 6.45) is 3.81. The monoisotopic (exact) mass is 556 g/mol. The molecule has 0 aliphatic carbocycles. The summed E-state index contributed by atoms with van der Waals surface area (Å²) in [5, 5.41) is 3.07. The third-order valence-electron chi connectivity index (χ3n) is 8.85. The number of fused-ring (bicyclic) bond motifs is 6. The highest BCUT2D eigenvalue weighted by Crippen LogP contribution is 2.62. The molecule has 0 saturated carbocycles. The number of anilines is 1. The standard InChI is InChI=1S/C35H28N2O5/c1-41-27-17-16-23(20-28(27)42-2)32(39)30-29(31(38)22-11-4-3-5-12-22)35(25-14-8-9-15-26(25)36-34(35)40)33-24-13-7-6-10-21(24)18-19-37(30)33/h3-20,29-30,33H,1-2H3,(H,36,40)/t29-,30-,33-,35+/m1/s1. The van der Waals surface area contributed by atoms with Crippen molar-refractivity contribution >= 4 is 29.2 Å². The van der Waals surface area contributed by atoms with E-state index in [2.05, 4.69) is 5.32 Å². The molecule has 7 rings (SSSR count). The van der Waals surface area contributed by atoms with Gasteiger partial charge in [0, 0.05) is 23.0 Å². The Morgan fingerprint density at radius 3 is 2.29 bits per heavy atom. The van der Waals surface area contributed by atoms with Gasteiger partial charge in [0.25, 0.3) is 0 Å². The summed E-state index contributed by atoms with van der Waals surface area (Å²) in [6.45, 7) is 0. The molecule has 3 aliphatic rings. The maximum Gasteiger partial charge on any atom is 0.238 e. The van der Waals surface area contributed by atoms with E-state index in [1.165, 1.54) is 14.2 Å². The minimum atomic E-state index is -1.37. The molecule has 4 aromatic rings. The summed E-state index contributed by atoms with van der Waals surface area (Å²) in [5.41, 5.74) is 2.63. The number of benzene rings is 4. The number of hydrogen-bond acceptors (Lipinski definition) is 6. The number of methoxy groups -OCH3 is 2. The lowest BCUT2D eigenvalue weighted by Crippen LogP contribution is -2.49. The third-order valence-corrected chi connectivity index (χ3v) is 8.85. The van der Waals surface area contributed by atoms with Crippen LogP contribution in [0.1, 0.15) is 43.4 Å².